The fraction of sp³-hybridized carbons (Fsp3) is 0.526. The van der Waals surface area contributed by atoms with E-state index in [1.165, 1.54) is 55.7 Å². The zero-order valence-electron chi connectivity index (χ0n) is 14.1. The van der Waals surface area contributed by atoms with Gasteiger partial charge in [-0.2, -0.15) is 0 Å². The minimum Gasteiger partial charge on any atom is -0.335 e. The van der Waals surface area contributed by atoms with Crippen molar-refractivity contribution in [1.82, 2.24) is 4.57 Å². The molecule has 1 fully saturated rings. The van der Waals surface area contributed by atoms with E-state index >= 15 is 0 Å². The molecule has 0 bridgehead atoms. The van der Waals surface area contributed by atoms with Gasteiger partial charge in [0.25, 0.3) is 0 Å². The Morgan fingerprint density at radius 1 is 1.29 bits per heavy atom. The van der Waals surface area contributed by atoms with Crippen LogP contribution >= 0.6 is 15.9 Å². The van der Waals surface area contributed by atoms with Gasteiger partial charge in [-0.1, -0.05) is 31.4 Å². The highest BCUT2D eigenvalue weighted by Crippen LogP contribution is 2.42. The third-order valence-electron chi connectivity index (χ3n) is 4.93. The third-order valence-corrected chi connectivity index (χ3v) is 5.79. The second kappa shape index (κ2) is 8.28. The van der Waals surface area contributed by atoms with Crippen molar-refractivity contribution in [2.24, 2.45) is 0 Å². The maximum absolute atomic E-state index is 10.9. The largest absolute Gasteiger partial charge is 0.335 e. The minimum absolute atomic E-state index is 0.418. The van der Waals surface area contributed by atoms with Gasteiger partial charge in [-0.25, -0.2) is 9.78 Å². The SMILES string of the molecule is COOCc1ccc2c(C3CCCCC3)c(Br)n(CCC=O)c2c1. The van der Waals surface area contributed by atoms with Gasteiger partial charge in [0.1, 0.15) is 12.9 Å². The number of carbonyl (C=O) groups is 1. The molecular weight excluding hydrogens is 370 g/mol. The summed E-state index contributed by atoms with van der Waals surface area (Å²) in [5, 5.41) is 1.29. The first kappa shape index (κ1) is 17.6. The predicted octanol–water partition coefficient (Wildman–Crippen LogP) is 5.12. The van der Waals surface area contributed by atoms with Gasteiger partial charge >= 0.3 is 0 Å². The van der Waals surface area contributed by atoms with Gasteiger partial charge in [0.15, 0.2) is 0 Å². The molecule has 2 aromatic rings. The quantitative estimate of drug-likeness (QED) is 0.372. The summed E-state index contributed by atoms with van der Waals surface area (Å²) >= 11 is 3.83. The van der Waals surface area contributed by atoms with E-state index in [4.69, 9.17) is 9.78 Å². The summed E-state index contributed by atoms with van der Waals surface area (Å²) in [5.41, 5.74) is 3.65. The molecule has 1 aromatic carbocycles. The van der Waals surface area contributed by atoms with Crippen LogP contribution in [-0.2, 0) is 27.7 Å². The van der Waals surface area contributed by atoms with E-state index in [0.29, 0.717) is 25.5 Å². The first-order chi connectivity index (χ1) is 11.8. The van der Waals surface area contributed by atoms with Crippen molar-refractivity contribution in [2.75, 3.05) is 7.11 Å². The molecule has 24 heavy (non-hydrogen) atoms. The molecule has 4 nitrogen and oxygen atoms in total. The van der Waals surface area contributed by atoms with E-state index in [2.05, 4.69) is 38.7 Å². The van der Waals surface area contributed by atoms with Crippen molar-refractivity contribution in [3.05, 3.63) is 33.9 Å². The van der Waals surface area contributed by atoms with Gasteiger partial charge in [0.2, 0.25) is 0 Å². The monoisotopic (exact) mass is 393 g/mol. The summed E-state index contributed by atoms with van der Waals surface area (Å²) in [6.07, 6.45) is 7.95. The van der Waals surface area contributed by atoms with Crippen molar-refractivity contribution in [1.29, 1.82) is 0 Å². The number of halogens is 1. The Balaban J connectivity index is 2.06. The lowest BCUT2D eigenvalue weighted by atomic mass is 9.84. The first-order valence-electron chi connectivity index (χ1n) is 8.66. The molecule has 1 aromatic heterocycles. The molecule has 0 unspecified atom stereocenters. The average molecular weight is 394 g/mol. The highest BCUT2D eigenvalue weighted by atomic mass is 79.9. The van der Waals surface area contributed by atoms with Crippen LogP contribution in [0.25, 0.3) is 10.9 Å². The molecular formula is C19H24BrNO3. The van der Waals surface area contributed by atoms with Gasteiger partial charge in [0, 0.05) is 23.9 Å². The Hall–Kier alpha value is -1.17. The summed E-state index contributed by atoms with van der Waals surface area (Å²) in [4.78, 5) is 20.7. The Kier molecular flexibility index (Phi) is 6.09. The van der Waals surface area contributed by atoms with E-state index in [1.807, 2.05) is 0 Å². The molecule has 1 aliphatic rings. The van der Waals surface area contributed by atoms with Gasteiger partial charge in [0.05, 0.1) is 11.7 Å². The fourth-order valence-electron chi connectivity index (χ4n) is 3.79. The maximum Gasteiger partial charge on any atom is 0.121 e. The van der Waals surface area contributed by atoms with Crippen LogP contribution in [0.1, 0.15) is 55.6 Å². The van der Waals surface area contributed by atoms with Crippen LogP contribution < -0.4 is 0 Å². The van der Waals surface area contributed by atoms with Crippen LogP contribution in [0.3, 0.4) is 0 Å². The fourth-order valence-corrected chi connectivity index (χ4v) is 4.69. The molecule has 0 radical (unpaired) electrons. The van der Waals surface area contributed by atoms with Gasteiger partial charge in [-0.05, 0) is 51.9 Å². The zero-order valence-corrected chi connectivity index (χ0v) is 15.7. The smallest absolute Gasteiger partial charge is 0.121 e. The van der Waals surface area contributed by atoms with Gasteiger partial charge in [-0.3, -0.25) is 0 Å². The summed E-state index contributed by atoms with van der Waals surface area (Å²) in [6.45, 7) is 1.11. The van der Waals surface area contributed by atoms with E-state index < -0.39 is 0 Å². The number of benzene rings is 1. The number of aryl methyl sites for hydroxylation is 1. The molecule has 0 atom stereocenters. The summed E-state index contributed by atoms with van der Waals surface area (Å²) in [7, 11) is 1.52. The number of fused-ring (bicyclic) bond motifs is 1. The lowest BCUT2D eigenvalue weighted by Gasteiger charge is -2.22. The number of hydrogen-bond acceptors (Lipinski definition) is 3. The number of hydrogen-bond donors (Lipinski definition) is 0. The van der Waals surface area contributed by atoms with Crippen LogP contribution in [0, 0.1) is 0 Å². The molecule has 0 aliphatic heterocycles. The maximum atomic E-state index is 10.9. The van der Waals surface area contributed by atoms with E-state index in [1.54, 1.807) is 0 Å². The van der Waals surface area contributed by atoms with E-state index in [-0.39, 0.29) is 0 Å². The van der Waals surface area contributed by atoms with Crippen molar-refractivity contribution >= 4 is 33.1 Å². The van der Waals surface area contributed by atoms with Crippen molar-refractivity contribution in [2.45, 2.75) is 57.6 Å². The predicted molar refractivity (Wildman–Crippen MR) is 97.9 cm³/mol. The normalized spacial score (nSPS) is 15.9. The topological polar surface area (TPSA) is 40.5 Å². The van der Waals surface area contributed by atoms with Crippen molar-refractivity contribution in [3.8, 4) is 0 Å². The van der Waals surface area contributed by atoms with Crippen LogP contribution in [0.15, 0.2) is 22.8 Å². The Morgan fingerprint density at radius 2 is 2.08 bits per heavy atom. The number of nitrogens with zero attached hydrogens (tertiary/aromatic N) is 1. The van der Waals surface area contributed by atoms with Crippen molar-refractivity contribution in [3.63, 3.8) is 0 Å². The van der Waals surface area contributed by atoms with Gasteiger partial charge < -0.3 is 9.36 Å². The molecule has 130 valence electrons. The molecule has 1 heterocycles. The van der Waals surface area contributed by atoms with Crippen molar-refractivity contribution < 1.29 is 14.6 Å². The lowest BCUT2D eigenvalue weighted by molar-refractivity contribution is -0.282. The van der Waals surface area contributed by atoms with Gasteiger partial charge in [-0.15, -0.1) is 0 Å². The van der Waals surface area contributed by atoms with Crippen LogP contribution in [0.2, 0.25) is 0 Å². The summed E-state index contributed by atoms with van der Waals surface area (Å²) in [6, 6.07) is 6.44. The molecule has 3 rings (SSSR count). The van der Waals surface area contributed by atoms with E-state index in [9.17, 15) is 4.79 Å². The van der Waals surface area contributed by atoms with E-state index in [0.717, 1.165) is 16.5 Å². The number of carbonyl (C=O) groups excluding carboxylic acids is 1. The average Bonchev–Trinajstić information content (AvgIpc) is 2.89. The highest BCUT2D eigenvalue weighted by molar-refractivity contribution is 9.10. The van der Waals surface area contributed by atoms with Crippen LogP contribution in [0.5, 0.6) is 0 Å². The first-order valence-corrected chi connectivity index (χ1v) is 9.45. The molecule has 0 amide bonds. The molecule has 0 spiro atoms. The molecule has 1 saturated carbocycles. The minimum atomic E-state index is 0.418. The van der Waals surface area contributed by atoms with Crippen LogP contribution in [-0.4, -0.2) is 18.0 Å². The summed E-state index contributed by atoms with van der Waals surface area (Å²) < 4.78 is 3.36. The molecule has 0 N–H and O–H groups in total. The third kappa shape index (κ3) is 3.58. The second-order valence-electron chi connectivity index (χ2n) is 6.43. The Bertz CT molecular complexity index is 704. The van der Waals surface area contributed by atoms with Crippen LogP contribution in [0.4, 0.5) is 0 Å². The zero-order chi connectivity index (χ0) is 16.9. The number of rotatable bonds is 7. The highest BCUT2D eigenvalue weighted by Gasteiger charge is 2.24. The molecule has 5 heteroatoms. The standard InChI is InChI=1S/C19H24BrNO3/c1-23-24-13-14-8-9-16-17(12-14)21(10-5-11-22)19(20)18(16)15-6-3-2-4-7-15/h8-9,11-12,15H,2-7,10,13H2,1H3. The number of aromatic nitrogens is 1. The molecule has 0 saturated heterocycles. The lowest BCUT2D eigenvalue weighted by Crippen LogP contribution is -2.05. The Morgan fingerprint density at radius 3 is 2.79 bits per heavy atom. The Labute approximate surface area is 151 Å². The number of aldehydes is 1. The summed E-state index contributed by atoms with van der Waals surface area (Å²) in [5.74, 6) is 0.606. The second-order valence-corrected chi connectivity index (χ2v) is 7.18. The molecule has 1 aliphatic carbocycles.